The molecule has 1 aliphatic heterocycles. The number of amides is 1. The first-order chi connectivity index (χ1) is 8.41. The highest BCUT2D eigenvalue weighted by atomic mass is 16.3. The van der Waals surface area contributed by atoms with Crippen molar-refractivity contribution in [3.05, 3.63) is 0 Å². The summed E-state index contributed by atoms with van der Waals surface area (Å²) in [5.74, 6) is 1.11. The number of aliphatic hydroxyl groups excluding tert-OH is 1. The molecule has 0 aromatic rings. The Morgan fingerprint density at radius 1 is 1.39 bits per heavy atom. The van der Waals surface area contributed by atoms with Crippen LogP contribution in [0.5, 0.6) is 0 Å². The molecule has 2 fully saturated rings. The predicted molar refractivity (Wildman–Crippen MR) is 71.2 cm³/mol. The van der Waals surface area contributed by atoms with Gasteiger partial charge in [0.1, 0.15) is 0 Å². The van der Waals surface area contributed by atoms with Crippen molar-refractivity contribution in [1.29, 1.82) is 0 Å². The molecule has 104 valence electrons. The highest BCUT2D eigenvalue weighted by molar-refractivity contribution is 5.78. The van der Waals surface area contributed by atoms with Crippen LogP contribution in [0, 0.1) is 11.8 Å². The number of carbonyl (C=O) groups is 1. The van der Waals surface area contributed by atoms with Gasteiger partial charge >= 0.3 is 0 Å². The smallest absolute Gasteiger partial charge is 0.234 e. The quantitative estimate of drug-likeness (QED) is 0.787. The first-order valence-corrected chi connectivity index (χ1v) is 7.12. The van der Waals surface area contributed by atoms with Crippen LogP contribution in [0.3, 0.4) is 0 Å². The molecule has 1 aliphatic carbocycles. The van der Waals surface area contributed by atoms with Crippen LogP contribution in [0.4, 0.5) is 0 Å². The molecular formula is C14H26N2O2. The summed E-state index contributed by atoms with van der Waals surface area (Å²) in [4.78, 5) is 14.2. The summed E-state index contributed by atoms with van der Waals surface area (Å²) in [5, 5.41) is 12.9. The van der Waals surface area contributed by atoms with Crippen molar-refractivity contribution in [1.82, 2.24) is 10.2 Å². The third kappa shape index (κ3) is 3.04. The zero-order valence-electron chi connectivity index (χ0n) is 11.8. The Morgan fingerprint density at radius 2 is 2.11 bits per heavy atom. The maximum absolute atomic E-state index is 12.0. The number of nitrogens with zero attached hydrogens (tertiary/aromatic N) is 1. The second-order valence-electron chi connectivity index (χ2n) is 6.55. The molecule has 0 bridgehead atoms. The van der Waals surface area contributed by atoms with Gasteiger partial charge in [-0.3, -0.25) is 9.69 Å². The SMILES string of the molecule is CCC(C)(C)NC(=O)CN1CC2CCC(O)C2C1. The Labute approximate surface area is 110 Å². The number of likely N-dealkylation sites (tertiary alicyclic amines) is 1. The van der Waals surface area contributed by atoms with Crippen LogP contribution in [-0.4, -0.2) is 47.2 Å². The first-order valence-electron chi connectivity index (χ1n) is 7.12. The minimum Gasteiger partial charge on any atom is -0.393 e. The molecular weight excluding hydrogens is 228 g/mol. The molecule has 2 N–H and O–H groups in total. The Balaban J connectivity index is 1.80. The molecule has 2 aliphatic rings. The van der Waals surface area contributed by atoms with Crippen LogP contribution < -0.4 is 5.32 Å². The van der Waals surface area contributed by atoms with Gasteiger partial charge in [0.25, 0.3) is 0 Å². The van der Waals surface area contributed by atoms with E-state index in [4.69, 9.17) is 0 Å². The Bertz CT molecular complexity index is 317. The van der Waals surface area contributed by atoms with Crippen molar-refractivity contribution in [2.24, 2.45) is 11.8 Å². The van der Waals surface area contributed by atoms with Crippen LogP contribution >= 0.6 is 0 Å². The number of hydrogen-bond donors (Lipinski definition) is 2. The van der Waals surface area contributed by atoms with Crippen molar-refractivity contribution in [3.63, 3.8) is 0 Å². The molecule has 4 heteroatoms. The lowest BCUT2D eigenvalue weighted by molar-refractivity contribution is -0.123. The molecule has 3 atom stereocenters. The highest BCUT2D eigenvalue weighted by Crippen LogP contribution is 2.37. The molecule has 1 amide bonds. The second kappa shape index (κ2) is 5.17. The number of nitrogens with one attached hydrogen (secondary N) is 1. The van der Waals surface area contributed by atoms with Crippen LogP contribution in [0.25, 0.3) is 0 Å². The zero-order chi connectivity index (χ0) is 13.3. The van der Waals surface area contributed by atoms with Crippen molar-refractivity contribution in [2.75, 3.05) is 19.6 Å². The van der Waals surface area contributed by atoms with Gasteiger partial charge in [0.05, 0.1) is 12.6 Å². The van der Waals surface area contributed by atoms with Gasteiger partial charge in [-0.25, -0.2) is 0 Å². The van der Waals surface area contributed by atoms with E-state index in [1.54, 1.807) is 0 Å². The van der Waals surface area contributed by atoms with Gasteiger partial charge in [-0.1, -0.05) is 6.92 Å². The summed E-state index contributed by atoms with van der Waals surface area (Å²) in [6, 6.07) is 0. The van der Waals surface area contributed by atoms with Gasteiger partial charge in [-0.15, -0.1) is 0 Å². The van der Waals surface area contributed by atoms with E-state index < -0.39 is 0 Å². The molecule has 3 unspecified atom stereocenters. The Kier molecular flexibility index (Phi) is 3.97. The van der Waals surface area contributed by atoms with Gasteiger partial charge < -0.3 is 10.4 Å². The summed E-state index contributed by atoms with van der Waals surface area (Å²) in [7, 11) is 0. The van der Waals surface area contributed by atoms with E-state index in [2.05, 4.69) is 17.1 Å². The van der Waals surface area contributed by atoms with E-state index in [1.165, 1.54) is 0 Å². The lowest BCUT2D eigenvalue weighted by Gasteiger charge is -2.26. The Morgan fingerprint density at radius 3 is 2.72 bits per heavy atom. The van der Waals surface area contributed by atoms with Crippen molar-refractivity contribution in [2.45, 2.75) is 51.7 Å². The fourth-order valence-corrected chi connectivity index (χ4v) is 3.17. The lowest BCUT2D eigenvalue weighted by Crippen LogP contribution is -2.47. The van der Waals surface area contributed by atoms with Crippen LogP contribution in [0.15, 0.2) is 0 Å². The molecule has 18 heavy (non-hydrogen) atoms. The fourth-order valence-electron chi connectivity index (χ4n) is 3.17. The largest absolute Gasteiger partial charge is 0.393 e. The molecule has 0 radical (unpaired) electrons. The van der Waals surface area contributed by atoms with E-state index in [-0.39, 0.29) is 17.6 Å². The minimum atomic E-state index is -0.143. The highest BCUT2D eigenvalue weighted by Gasteiger charge is 2.42. The normalized spacial score (nSPS) is 32.6. The molecule has 1 saturated heterocycles. The van der Waals surface area contributed by atoms with E-state index in [0.29, 0.717) is 18.4 Å². The number of aliphatic hydroxyl groups is 1. The van der Waals surface area contributed by atoms with Crippen LogP contribution in [0.1, 0.15) is 40.0 Å². The summed E-state index contributed by atoms with van der Waals surface area (Å²) in [6.07, 6.45) is 2.85. The second-order valence-corrected chi connectivity index (χ2v) is 6.55. The lowest BCUT2D eigenvalue weighted by atomic mass is 10.00. The van der Waals surface area contributed by atoms with Gasteiger partial charge in [-0.2, -0.15) is 0 Å². The summed E-state index contributed by atoms with van der Waals surface area (Å²) in [5.41, 5.74) is -0.119. The van der Waals surface area contributed by atoms with E-state index >= 15 is 0 Å². The number of hydrogen-bond acceptors (Lipinski definition) is 3. The maximum Gasteiger partial charge on any atom is 0.234 e. The summed E-state index contributed by atoms with van der Waals surface area (Å²) in [6.45, 7) is 8.51. The standard InChI is InChI=1S/C14H26N2O2/c1-4-14(2,3)15-13(18)9-16-7-10-5-6-12(17)11(10)8-16/h10-12,17H,4-9H2,1-3H3,(H,15,18). The molecule has 4 nitrogen and oxygen atoms in total. The third-order valence-corrected chi connectivity index (χ3v) is 4.62. The van der Waals surface area contributed by atoms with Gasteiger partial charge in [0, 0.05) is 24.5 Å². The molecule has 0 aromatic carbocycles. The average molecular weight is 254 g/mol. The predicted octanol–water partition coefficient (Wildman–Crippen LogP) is 0.994. The van der Waals surface area contributed by atoms with Gasteiger partial charge in [0.15, 0.2) is 0 Å². The molecule has 0 aromatic heterocycles. The topological polar surface area (TPSA) is 52.6 Å². The Hall–Kier alpha value is -0.610. The van der Waals surface area contributed by atoms with Gasteiger partial charge in [-0.05, 0) is 39.0 Å². The van der Waals surface area contributed by atoms with E-state index in [0.717, 1.165) is 32.4 Å². The van der Waals surface area contributed by atoms with Crippen molar-refractivity contribution >= 4 is 5.91 Å². The van der Waals surface area contributed by atoms with E-state index in [9.17, 15) is 9.90 Å². The summed E-state index contributed by atoms with van der Waals surface area (Å²) >= 11 is 0. The summed E-state index contributed by atoms with van der Waals surface area (Å²) < 4.78 is 0. The van der Waals surface area contributed by atoms with Gasteiger partial charge in [0.2, 0.25) is 5.91 Å². The van der Waals surface area contributed by atoms with E-state index in [1.807, 2.05) is 13.8 Å². The van der Waals surface area contributed by atoms with Crippen LogP contribution in [0.2, 0.25) is 0 Å². The molecule has 1 saturated carbocycles. The zero-order valence-corrected chi connectivity index (χ0v) is 11.8. The molecule has 2 rings (SSSR count). The molecule has 0 spiro atoms. The number of rotatable bonds is 4. The average Bonchev–Trinajstić information content (AvgIpc) is 2.80. The first kappa shape index (κ1) is 13.8. The fraction of sp³-hybridized carbons (Fsp3) is 0.929. The monoisotopic (exact) mass is 254 g/mol. The number of carbonyl (C=O) groups excluding carboxylic acids is 1. The van der Waals surface area contributed by atoms with Crippen molar-refractivity contribution in [3.8, 4) is 0 Å². The molecule has 1 heterocycles. The minimum absolute atomic E-state index is 0.108. The number of fused-ring (bicyclic) bond motifs is 1. The van der Waals surface area contributed by atoms with Crippen molar-refractivity contribution < 1.29 is 9.90 Å². The third-order valence-electron chi connectivity index (χ3n) is 4.62. The maximum atomic E-state index is 12.0. The van der Waals surface area contributed by atoms with Crippen LogP contribution in [-0.2, 0) is 4.79 Å².